The van der Waals surface area contributed by atoms with Crippen LogP contribution in [0, 0.1) is 0 Å². The first kappa shape index (κ1) is 14.2. The molecule has 3 rings (SSSR count). The van der Waals surface area contributed by atoms with Gasteiger partial charge in [-0.1, -0.05) is 0 Å². The molecule has 2 unspecified atom stereocenters. The third-order valence-corrected chi connectivity index (χ3v) is 4.19. The van der Waals surface area contributed by atoms with Crippen LogP contribution in [0.2, 0.25) is 0 Å². The predicted octanol–water partition coefficient (Wildman–Crippen LogP) is -0.498. The molecule has 2 fully saturated rings. The van der Waals surface area contributed by atoms with Crippen molar-refractivity contribution in [1.82, 2.24) is 20.2 Å². The number of carbonyl (C=O) groups is 1. The highest BCUT2D eigenvalue weighted by Gasteiger charge is 2.33. The number of hydrogen-bond donors (Lipinski definition) is 1. The minimum absolute atomic E-state index is 0.0991. The molecule has 1 amide bonds. The molecule has 1 aromatic heterocycles. The first-order valence-electron chi connectivity index (χ1n) is 7.34. The number of amides is 1. The van der Waals surface area contributed by atoms with Gasteiger partial charge < -0.3 is 19.9 Å². The van der Waals surface area contributed by atoms with Crippen LogP contribution >= 0.6 is 0 Å². The van der Waals surface area contributed by atoms with Gasteiger partial charge in [0, 0.05) is 52.2 Å². The standard InChI is InChI=1S/C14H21N5O2/c1-21-11-8-12(17-9-11)14(20)19-6-4-18(5-7-19)13-10-15-2-3-16-13/h2-3,10-12,17H,4-9H2,1H3. The number of nitrogens with one attached hydrogen (secondary N) is 1. The van der Waals surface area contributed by atoms with Crippen LogP contribution < -0.4 is 10.2 Å². The fourth-order valence-corrected chi connectivity index (χ4v) is 2.90. The molecule has 0 saturated carbocycles. The van der Waals surface area contributed by atoms with E-state index in [4.69, 9.17) is 4.74 Å². The molecule has 0 aromatic carbocycles. The van der Waals surface area contributed by atoms with Crippen LogP contribution in [0.25, 0.3) is 0 Å². The van der Waals surface area contributed by atoms with Crippen molar-refractivity contribution < 1.29 is 9.53 Å². The van der Waals surface area contributed by atoms with E-state index in [2.05, 4.69) is 20.2 Å². The van der Waals surface area contributed by atoms with Gasteiger partial charge in [0.25, 0.3) is 0 Å². The van der Waals surface area contributed by atoms with E-state index in [1.165, 1.54) is 0 Å². The monoisotopic (exact) mass is 291 g/mol. The molecule has 2 atom stereocenters. The number of piperazine rings is 1. The van der Waals surface area contributed by atoms with Gasteiger partial charge in [0.1, 0.15) is 5.82 Å². The SMILES string of the molecule is COC1CNC(C(=O)N2CCN(c3cnccn3)CC2)C1. The fraction of sp³-hybridized carbons (Fsp3) is 0.643. The maximum Gasteiger partial charge on any atom is 0.239 e. The summed E-state index contributed by atoms with van der Waals surface area (Å²) < 4.78 is 5.30. The fourth-order valence-electron chi connectivity index (χ4n) is 2.90. The van der Waals surface area contributed by atoms with Crippen molar-refractivity contribution in [2.75, 3.05) is 44.7 Å². The molecule has 7 heteroatoms. The summed E-state index contributed by atoms with van der Waals surface area (Å²) in [5, 5.41) is 3.25. The second-order valence-electron chi connectivity index (χ2n) is 5.43. The summed E-state index contributed by atoms with van der Waals surface area (Å²) in [4.78, 5) is 25.0. The highest BCUT2D eigenvalue weighted by Crippen LogP contribution is 2.15. The van der Waals surface area contributed by atoms with Crippen LogP contribution in [0.4, 0.5) is 5.82 Å². The molecule has 0 radical (unpaired) electrons. The molecule has 2 aliphatic heterocycles. The Morgan fingerprint density at radius 3 is 2.76 bits per heavy atom. The summed E-state index contributed by atoms with van der Waals surface area (Å²) >= 11 is 0. The Hall–Kier alpha value is -1.73. The number of rotatable bonds is 3. The first-order chi connectivity index (χ1) is 10.3. The Morgan fingerprint density at radius 2 is 2.14 bits per heavy atom. The molecule has 0 bridgehead atoms. The number of hydrogen-bond acceptors (Lipinski definition) is 6. The molecule has 3 heterocycles. The van der Waals surface area contributed by atoms with Crippen molar-refractivity contribution >= 4 is 11.7 Å². The van der Waals surface area contributed by atoms with Crippen LogP contribution in [0.1, 0.15) is 6.42 Å². The van der Waals surface area contributed by atoms with E-state index in [0.29, 0.717) is 0 Å². The summed E-state index contributed by atoms with van der Waals surface area (Å²) in [6, 6.07) is -0.0991. The van der Waals surface area contributed by atoms with Crippen LogP contribution in [0.5, 0.6) is 0 Å². The first-order valence-corrected chi connectivity index (χ1v) is 7.34. The van der Waals surface area contributed by atoms with E-state index in [-0.39, 0.29) is 18.1 Å². The molecule has 1 aromatic rings. The lowest BCUT2D eigenvalue weighted by atomic mass is 10.1. The van der Waals surface area contributed by atoms with E-state index >= 15 is 0 Å². The highest BCUT2D eigenvalue weighted by atomic mass is 16.5. The third-order valence-electron chi connectivity index (χ3n) is 4.19. The number of carbonyl (C=O) groups excluding carboxylic acids is 1. The van der Waals surface area contributed by atoms with Gasteiger partial charge in [0.15, 0.2) is 0 Å². The number of methoxy groups -OCH3 is 1. The van der Waals surface area contributed by atoms with Gasteiger partial charge in [-0.15, -0.1) is 0 Å². The van der Waals surface area contributed by atoms with Gasteiger partial charge in [-0.3, -0.25) is 9.78 Å². The molecule has 2 aliphatic rings. The molecule has 0 spiro atoms. The Morgan fingerprint density at radius 1 is 1.33 bits per heavy atom. The normalized spacial score (nSPS) is 26.1. The van der Waals surface area contributed by atoms with Crippen molar-refractivity contribution in [2.24, 2.45) is 0 Å². The van der Waals surface area contributed by atoms with Crippen molar-refractivity contribution in [3.63, 3.8) is 0 Å². The minimum Gasteiger partial charge on any atom is -0.380 e. The lowest BCUT2D eigenvalue weighted by Crippen LogP contribution is -2.53. The van der Waals surface area contributed by atoms with Gasteiger partial charge in [0.2, 0.25) is 5.91 Å². The summed E-state index contributed by atoms with van der Waals surface area (Å²) in [6.07, 6.45) is 6.04. The lowest BCUT2D eigenvalue weighted by Gasteiger charge is -2.36. The second kappa shape index (κ2) is 6.36. The number of anilines is 1. The Labute approximate surface area is 124 Å². The molecule has 21 heavy (non-hydrogen) atoms. The maximum atomic E-state index is 12.5. The molecule has 2 saturated heterocycles. The molecule has 7 nitrogen and oxygen atoms in total. The van der Waals surface area contributed by atoms with Crippen LogP contribution in [0.3, 0.4) is 0 Å². The van der Waals surface area contributed by atoms with Gasteiger partial charge >= 0.3 is 0 Å². The lowest BCUT2D eigenvalue weighted by molar-refractivity contribution is -0.133. The Bertz CT molecular complexity index is 476. The molecule has 114 valence electrons. The minimum atomic E-state index is -0.0991. The maximum absolute atomic E-state index is 12.5. The zero-order chi connectivity index (χ0) is 14.7. The summed E-state index contributed by atoms with van der Waals surface area (Å²) in [7, 11) is 1.69. The van der Waals surface area contributed by atoms with Crippen LogP contribution in [-0.4, -0.2) is 72.8 Å². The van der Waals surface area contributed by atoms with E-state index in [1.54, 1.807) is 25.7 Å². The average Bonchev–Trinajstić information content (AvgIpc) is 3.04. The average molecular weight is 291 g/mol. The van der Waals surface area contributed by atoms with Crippen LogP contribution in [0.15, 0.2) is 18.6 Å². The highest BCUT2D eigenvalue weighted by molar-refractivity contribution is 5.82. The van der Waals surface area contributed by atoms with Crippen LogP contribution in [-0.2, 0) is 9.53 Å². The zero-order valence-corrected chi connectivity index (χ0v) is 12.2. The van der Waals surface area contributed by atoms with Gasteiger partial charge in [0.05, 0.1) is 18.3 Å². The van der Waals surface area contributed by atoms with Crippen molar-refractivity contribution in [3.8, 4) is 0 Å². The van der Waals surface area contributed by atoms with Gasteiger partial charge in [-0.25, -0.2) is 4.98 Å². The third kappa shape index (κ3) is 3.14. The quantitative estimate of drug-likeness (QED) is 0.810. The topological polar surface area (TPSA) is 70.6 Å². The van der Waals surface area contributed by atoms with Crippen molar-refractivity contribution in [2.45, 2.75) is 18.6 Å². The van der Waals surface area contributed by atoms with E-state index < -0.39 is 0 Å². The summed E-state index contributed by atoms with van der Waals surface area (Å²) in [6.45, 7) is 3.80. The number of aromatic nitrogens is 2. The number of ether oxygens (including phenoxy) is 1. The Balaban J connectivity index is 1.53. The molecular formula is C14H21N5O2. The van der Waals surface area contributed by atoms with E-state index in [0.717, 1.165) is 45.0 Å². The zero-order valence-electron chi connectivity index (χ0n) is 12.2. The molecule has 1 N–H and O–H groups in total. The summed E-state index contributed by atoms with van der Waals surface area (Å²) in [5.74, 6) is 1.07. The largest absolute Gasteiger partial charge is 0.380 e. The van der Waals surface area contributed by atoms with E-state index in [1.807, 2.05) is 4.90 Å². The van der Waals surface area contributed by atoms with Crippen molar-refractivity contribution in [1.29, 1.82) is 0 Å². The van der Waals surface area contributed by atoms with Gasteiger partial charge in [-0.05, 0) is 6.42 Å². The number of nitrogens with zero attached hydrogens (tertiary/aromatic N) is 4. The van der Waals surface area contributed by atoms with E-state index in [9.17, 15) is 4.79 Å². The smallest absolute Gasteiger partial charge is 0.239 e. The molecule has 0 aliphatic carbocycles. The predicted molar refractivity (Wildman–Crippen MR) is 78.0 cm³/mol. The summed E-state index contributed by atoms with van der Waals surface area (Å²) in [5.41, 5.74) is 0. The second-order valence-corrected chi connectivity index (χ2v) is 5.43. The van der Waals surface area contributed by atoms with Gasteiger partial charge in [-0.2, -0.15) is 0 Å². The Kier molecular flexibility index (Phi) is 4.31. The van der Waals surface area contributed by atoms with Crippen molar-refractivity contribution in [3.05, 3.63) is 18.6 Å². The molecular weight excluding hydrogens is 270 g/mol.